The molecular formula is C14H23NO3. The number of hydrogen-bond donors (Lipinski definition) is 1. The van der Waals surface area contributed by atoms with Crippen molar-refractivity contribution in [2.45, 2.75) is 41.5 Å². The van der Waals surface area contributed by atoms with E-state index in [1.54, 1.807) is 24.3 Å². The predicted molar refractivity (Wildman–Crippen MR) is 77.1 cm³/mol. The molecule has 0 radical (unpaired) electrons. The fourth-order valence-corrected chi connectivity index (χ4v) is 1.04. The molecule has 0 amide bonds. The largest absolute Gasteiger partial charge is 0.419 e. The van der Waals surface area contributed by atoms with Crippen LogP contribution in [-0.4, -0.2) is 4.98 Å². The number of hydrogen-bond acceptors (Lipinski definition) is 3. The number of benzene rings is 1. The summed E-state index contributed by atoms with van der Waals surface area (Å²) in [6.07, 6.45) is 0. The molecule has 0 bridgehead atoms. The molecular weight excluding hydrogens is 230 g/mol. The van der Waals surface area contributed by atoms with Crippen molar-refractivity contribution in [1.29, 1.82) is 0 Å². The van der Waals surface area contributed by atoms with E-state index in [0.29, 0.717) is 10.9 Å². The zero-order chi connectivity index (χ0) is 14.6. The molecule has 0 aliphatic rings. The molecule has 18 heavy (non-hydrogen) atoms. The highest BCUT2D eigenvalue weighted by Crippen LogP contribution is 2.01. The number of rotatable bonds is 0. The van der Waals surface area contributed by atoms with Crippen molar-refractivity contribution < 1.29 is 4.42 Å². The van der Waals surface area contributed by atoms with E-state index in [9.17, 15) is 9.59 Å². The van der Waals surface area contributed by atoms with E-state index < -0.39 is 11.4 Å². The molecule has 1 heterocycles. The highest BCUT2D eigenvalue weighted by atomic mass is 16.4. The van der Waals surface area contributed by atoms with Gasteiger partial charge in [-0.3, -0.25) is 4.98 Å². The van der Waals surface area contributed by atoms with Crippen molar-refractivity contribution in [3.8, 4) is 0 Å². The average molecular weight is 253 g/mol. The maximum atomic E-state index is 11.0. The van der Waals surface area contributed by atoms with E-state index in [0.717, 1.165) is 0 Å². The van der Waals surface area contributed by atoms with Gasteiger partial charge in [-0.1, -0.05) is 53.7 Å². The second kappa shape index (κ2) is 11.6. The second-order valence-electron chi connectivity index (χ2n) is 2.35. The van der Waals surface area contributed by atoms with Gasteiger partial charge in [-0.25, -0.2) is 9.59 Å². The maximum absolute atomic E-state index is 11.0. The van der Waals surface area contributed by atoms with E-state index in [4.69, 9.17) is 0 Å². The third-order valence-electron chi connectivity index (χ3n) is 1.57. The van der Waals surface area contributed by atoms with Crippen LogP contribution in [0.1, 0.15) is 41.5 Å². The van der Waals surface area contributed by atoms with Crippen molar-refractivity contribution in [3.05, 3.63) is 45.2 Å². The first-order valence-electron chi connectivity index (χ1n) is 6.39. The van der Waals surface area contributed by atoms with Crippen LogP contribution in [0, 0.1) is 0 Å². The molecule has 0 atom stereocenters. The van der Waals surface area contributed by atoms with E-state index in [2.05, 4.69) is 9.40 Å². The summed E-state index contributed by atoms with van der Waals surface area (Å²) in [7, 11) is 0. The van der Waals surface area contributed by atoms with Gasteiger partial charge < -0.3 is 4.42 Å². The first kappa shape index (κ1) is 18.5. The zero-order valence-corrected chi connectivity index (χ0v) is 12.0. The number of fused-ring (bicyclic) bond motifs is 1. The van der Waals surface area contributed by atoms with Gasteiger partial charge in [0.2, 0.25) is 0 Å². The summed E-state index contributed by atoms with van der Waals surface area (Å²) in [6.45, 7) is 12.0. The van der Waals surface area contributed by atoms with Crippen molar-refractivity contribution in [2.75, 3.05) is 0 Å². The van der Waals surface area contributed by atoms with Crippen LogP contribution in [0.25, 0.3) is 10.9 Å². The Hall–Kier alpha value is -1.84. The van der Waals surface area contributed by atoms with Gasteiger partial charge in [0, 0.05) is 0 Å². The van der Waals surface area contributed by atoms with Gasteiger partial charge in [0.05, 0.1) is 10.9 Å². The van der Waals surface area contributed by atoms with Crippen molar-refractivity contribution in [1.82, 2.24) is 4.98 Å². The van der Waals surface area contributed by atoms with Gasteiger partial charge in [-0.15, -0.1) is 0 Å². The Morgan fingerprint density at radius 3 is 1.94 bits per heavy atom. The molecule has 2 rings (SSSR count). The van der Waals surface area contributed by atoms with Gasteiger partial charge in [0.1, 0.15) is 0 Å². The molecule has 0 spiro atoms. The Morgan fingerprint density at radius 2 is 1.39 bits per heavy atom. The molecule has 0 aliphatic carbocycles. The molecule has 1 aromatic heterocycles. The molecule has 1 N–H and O–H groups in total. The minimum atomic E-state index is -0.723. The Bertz CT molecular complexity index is 526. The minimum absolute atomic E-state index is 0.386. The van der Waals surface area contributed by atoms with Crippen LogP contribution in [0.15, 0.2) is 38.3 Å². The van der Waals surface area contributed by atoms with Crippen molar-refractivity contribution >= 4 is 10.9 Å². The number of nitrogens with one attached hydrogen (secondary N) is 1. The molecule has 2 aromatic rings. The van der Waals surface area contributed by atoms with Crippen LogP contribution in [-0.2, 0) is 0 Å². The van der Waals surface area contributed by atoms with E-state index in [-0.39, 0.29) is 0 Å². The quantitative estimate of drug-likeness (QED) is 0.780. The van der Waals surface area contributed by atoms with Crippen molar-refractivity contribution in [2.24, 2.45) is 0 Å². The fourth-order valence-electron chi connectivity index (χ4n) is 1.04. The van der Waals surface area contributed by atoms with E-state index >= 15 is 0 Å². The first-order chi connectivity index (χ1) is 8.77. The molecule has 102 valence electrons. The summed E-state index contributed by atoms with van der Waals surface area (Å²) in [5.74, 6) is -0.723. The van der Waals surface area contributed by atoms with E-state index in [1.807, 2.05) is 41.5 Å². The fraction of sp³-hybridized carbons (Fsp3) is 0.429. The Morgan fingerprint density at radius 1 is 0.889 bits per heavy atom. The summed E-state index contributed by atoms with van der Waals surface area (Å²) in [4.78, 5) is 24.1. The monoisotopic (exact) mass is 253 g/mol. The summed E-state index contributed by atoms with van der Waals surface area (Å²) in [5.41, 5.74) is -0.104. The molecule has 4 heteroatoms. The summed E-state index contributed by atoms with van der Waals surface area (Å²) < 4.78 is 4.32. The van der Waals surface area contributed by atoms with Crippen LogP contribution >= 0.6 is 0 Å². The van der Waals surface area contributed by atoms with Gasteiger partial charge in [-0.05, 0) is 12.1 Å². The third kappa shape index (κ3) is 5.48. The van der Waals surface area contributed by atoms with Gasteiger partial charge in [0.25, 0.3) is 0 Å². The molecule has 4 nitrogen and oxygen atoms in total. The minimum Gasteiger partial charge on any atom is -0.372 e. The number of aromatic nitrogens is 1. The lowest BCUT2D eigenvalue weighted by molar-refractivity contribution is 0.460. The van der Waals surface area contributed by atoms with Gasteiger partial charge in [-0.2, -0.15) is 0 Å². The SMILES string of the molecule is CC.CC.CC.O=c1[nH]c2ccccc2c(=O)o1. The molecule has 0 fully saturated rings. The van der Waals surface area contributed by atoms with E-state index in [1.165, 1.54) is 0 Å². The molecule has 0 saturated heterocycles. The standard InChI is InChI=1S/C8H5NO3.3C2H6/c10-7-5-3-1-2-4-6(5)9-8(11)12-7;3*1-2/h1-4H,(H,9,11);3*1-2H3. The Kier molecular flexibility index (Phi) is 12.0. The Labute approximate surface area is 108 Å². The number of H-pyrrole nitrogens is 1. The lowest BCUT2D eigenvalue weighted by atomic mass is 10.2. The first-order valence-corrected chi connectivity index (χ1v) is 6.39. The van der Waals surface area contributed by atoms with Crippen LogP contribution in [0.3, 0.4) is 0 Å². The van der Waals surface area contributed by atoms with Crippen LogP contribution in [0.4, 0.5) is 0 Å². The topological polar surface area (TPSA) is 63.1 Å². The summed E-state index contributed by atoms with van der Waals surface area (Å²) >= 11 is 0. The summed E-state index contributed by atoms with van der Waals surface area (Å²) in [5, 5.41) is 0.386. The molecule has 0 saturated carbocycles. The highest BCUT2D eigenvalue weighted by molar-refractivity contribution is 5.76. The second-order valence-corrected chi connectivity index (χ2v) is 2.35. The number of aromatic amines is 1. The predicted octanol–water partition coefficient (Wildman–Crippen LogP) is 3.56. The third-order valence-corrected chi connectivity index (χ3v) is 1.57. The lowest BCUT2D eigenvalue weighted by Crippen LogP contribution is -2.13. The normalized spacial score (nSPS) is 7.89. The summed E-state index contributed by atoms with van der Waals surface area (Å²) in [6, 6.07) is 6.68. The molecule has 0 aliphatic heterocycles. The average Bonchev–Trinajstić information content (AvgIpc) is 2.45. The highest BCUT2D eigenvalue weighted by Gasteiger charge is 1.98. The lowest BCUT2D eigenvalue weighted by Gasteiger charge is -1.91. The van der Waals surface area contributed by atoms with Crippen molar-refractivity contribution in [3.63, 3.8) is 0 Å². The van der Waals surface area contributed by atoms with Crippen LogP contribution < -0.4 is 11.4 Å². The van der Waals surface area contributed by atoms with Gasteiger partial charge >= 0.3 is 11.4 Å². The smallest absolute Gasteiger partial charge is 0.372 e. The maximum Gasteiger partial charge on any atom is 0.419 e. The van der Waals surface area contributed by atoms with Gasteiger partial charge in [0.15, 0.2) is 0 Å². The Balaban J connectivity index is 0. The van der Waals surface area contributed by atoms with Crippen LogP contribution in [0.5, 0.6) is 0 Å². The number of para-hydroxylation sites is 1. The zero-order valence-electron chi connectivity index (χ0n) is 12.0. The van der Waals surface area contributed by atoms with Crippen LogP contribution in [0.2, 0.25) is 0 Å². The molecule has 0 unspecified atom stereocenters. The molecule has 1 aromatic carbocycles.